The van der Waals surface area contributed by atoms with Crippen molar-refractivity contribution in [2.24, 2.45) is 0 Å². The summed E-state index contributed by atoms with van der Waals surface area (Å²) in [6.45, 7) is 2.23. The van der Waals surface area contributed by atoms with Gasteiger partial charge < -0.3 is 20.5 Å². The SMILES string of the molecule is Cc1cnc(NCc2ccc(C(=O)O)cc2)nc1C(C#N)=C1Nc2ccccc2O1. The van der Waals surface area contributed by atoms with Gasteiger partial charge in [-0.15, -0.1) is 0 Å². The molecule has 3 aromatic rings. The molecule has 0 amide bonds. The molecule has 0 fully saturated rings. The molecule has 0 unspecified atom stereocenters. The number of rotatable bonds is 5. The van der Waals surface area contributed by atoms with Crippen LogP contribution in [0.4, 0.5) is 11.6 Å². The lowest BCUT2D eigenvalue weighted by Gasteiger charge is -2.10. The number of nitriles is 1. The Morgan fingerprint density at radius 3 is 2.70 bits per heavy atom. The number of allylic oxidation sites excluding steroid dienone is 1. The number of para-hydroxylation sites is 2. The number of aromatic nitrogens is 2. The van der Waals surface area contributed by atoms with Crippen molar-refractivity contribution >= 4 is 23.2 Å². The molecule has 30 heavy (non-hydrogen) atoms. The zero-order chi connectivity index (χ0) is 21.1. The highest BCUT2D eigenvalue weighted by Crippen LogP contribution is 2.35. The zero-order valence-corrected chi connectivity index (χ0v) is 16.0. The molecule has 1 aliphatic heterocycles. The third kappa shape index (κ3) is 3.77. The standard InChI is InChI=1S/C22H17N5O3/c1-13-11-24-22(25-12-14-6-8-15(9-7-14)21(28)29)27-19(13)16(10-23)20-26-17-4-2-3-5-18(17)30-20/h2-9,11,26H,12H2,1H3,(H,28,29)(H,24,25,27). The molecule has 0 aliphatic carbocycles. The molecule has 4 rings (SSSR count). The van der Waals surface area contributed by atoms with Gasteiger partial charge in [-0.1, -0.05) is 24.3 Å². The number of benzene rings is 2. The molecular weight excluding hydrogens is 382 g/mol. The fourth-order valence-electron chi connectivity index (χ4n) is 2.97. The van der Waals surface area contributed by atoms with Crippen molar-refractivity contribution in [2.75, 3.05) is 10.6 Å². The fourth-order valence-corrected chi connectivity index (χ4v) is 2.97. The molecule has 0 atom stereocenters. The largest absolute Gasteiger partial charge is 0.478 e. The van der Waals surface area contributed by atoms with Crippen LogP contribution < -0.4 is 15.4 Å². The van der Waals surface area contributed by atoms with Gasteiger partial charge in [-0.25, -0.2) is 14.8 Å². The van der Waals surface area contributed by atoms with Crippen molar-refractivity contribution in [3.63, 3.8) is 0 Å². The van der Waals surface area contributed by atoms with Crippen LogP contribution in [0.25, 0.3) is 5.57 Å². The minimum Gasteiger partial charge on any atom is -0.478 e. The second-order valence-corrected chi connectivity index (χ2v) is 6.62. The summed E-state index contributed by atoms with van der Waals surface area (Å²) in [5.74, 6) is 0.357. The predicted octanol–water partition coefficient (Wildman–Crippen LogP) is 3.79. The quantitative estimate of drug-likeness (QED) is 0.554. The first kappa shape index (κ1) is 19.0. The molecule has 8 heteroatoms. The second-order valence-electron chi connectivity index (χ2n) is 6.62. The first-order valence-corrected chi connectivity index (χ1v) is 9.13. The molecular formula is C22H17N5O3. The van der Waals surface area contributed by atoms with Gasteiger partial charge in [0.1, 0.15) is 11.6 Å². The number of hydrogen-bond acceptors (Lipinski definition) is 7. The maximum absolute atomic E-state index is 11.0. The molecule has 0 saturated heterocycles. The summed E-state index contributed by atoms with van der Waals surface area (Å²) < 4.78 is 5.79. The molecule has 148 valence electrons. The average Bonchev–Trinajstić information content (AvgIpc) is 3.18. The zero-order valence-electron chi connectivity index (χ0n) is 16.0. The highest BCUT2D eigenvalue weighted by molar-refractivity contribution is 5.87. The first-order chi connectivity index (χ1) is 14.5. The molecule has 3 N–H and O–H groups in total. The smallest absolute Gasteiger partial charge is 0.335 e. The molecule has 0 saturated carbocycles. The van der Waals surface area contributed by atoms with Crippen LogP contribution in [-0.2, 0) is 6.54 Å². The van der Waals surface area contributed by atoms with Gasteiger partial charge in [0.05, 0.1) is 16.9 Å². The molecule has 1 aromatic heterocycles. The van der Waals surface area contributed by atoms with E-state index in [0.29, 0.717) is 29.8 Å². The average molecular weight is 399 g/mol. The van der Waals surface area contributed by atoms with Gasteiger partial charge in [0.2, 0.25) is 11.8 Å². The molecule has 2 aromatic carbocycles. The highest BCUT2D eigenvalue weighted by Gasteiger charge is 2.23. The van der Waals surface area contributed by atoms with Crippen molar-refractivity contribution in [1.82, 2.24) is 9.97 Å². The van der Waals surface area contributed by atoms with Gasteiger partial charge in [0, 0.05) is 12.7 Å². The third-order valence-electron chi connectivity index (χ3n) is 4.55. The first-order valence-electron chi connectivity index (χ1n) is 9.13. The molecule has 1 aliphatic rings. The molecule has 0 bridgehead atoms. The van der Waals surface area contributed by atoms with Crippen LogP contribution in [0.15, 0.2) is 60.6 Å². The fraction of sp³-hybridized carbons (Fsp3) is 0.0909. The van der Waals surface area contributed by atoms with E-state index < -0.39 is 5.97 Å². The van der Waals surface area contributed by atoms with E-state index in [1.807, 2.05) is 31.2 Å². The number of carboxylic acid groups (broad SMARTS) is 1. The summed E-state index contributed by atoms with van der Waals surface area (Å²) in [5.41, 5.74) is 3.36. The van der Waals surface area contributed by atoms with Gasteiger partial charge in [-0.3, -0.25) is 0 Å². The van der Waals surface area contributed by atoms with Crippen LogP contribution in [0.1, 0.15) is 27.2 Å². The van der Waals surface area contributed by atoms with Crippen LogP contribution >= 0.6 is 0 Å². The third-order valence-corrected chi connectivity index (χ3v) is 4.55. The Labute approximate surface area is 172 Å². The van der Waals surface area contributed by atoms with Crippen molar-refractivity contribution in [3.8, 4) is 11.8 Å². The Morgan fingerprint density at radius 1 is 1.23 bits per heavy atom. The highest BCUT2D eigenvalue weighted by atomic mass is 16.5. The van der Waals surface area contributed by atoms with Crippen LogP contribution in [0.2, 0.25) is 0 Å². The van der Waals surface area contributed by atoms with Crippen LogP contribution in [0.5, 0.6) is 5.75 Å². The van der Waals surface area contributed by atoms with Gasteiger partial charge in [0.15, 0.2) is 5.75 Å². The van der Waals surface area contributed by atoms with Gasteiger partial charge in [-0.2, -0.15) is 5.26 Å². The summed E-state index contributed by atoms with van der Waals surface area (Å²) in [6, 6.07) is 16.1. The summed E-state index contributed by atoms with van der Waals surface area (Å²) in [5, 5.41) is 24.9. The van der Waals surface area contributed by atoms with E-state index in [1.165, 1.54) is 0 Å². The van der Waals surface area contributed by atoms with E-state index in [0.717, 1.165) is 16.8 Å². The Hall–Kier alpha value is -4.38. The summed E-state index contributed by atoms with van der Waals surface area (Å²) in [4.78, 5) is 19.7. The van der Waals surface area contributed by atoms with Crippen molar-refractivity contribution in [2.45, 2.75) is 13.5 Å². The number of aryl methyl sites for hydroxylation is 1. The van der Waals surface area contributed by atoms with E-state index in [1.54, 1.807) is 30.5 Å². The van der Waals surface area contributed by atoms with Crippen LogP contribution in [0.3, 0.4) is 0 Å². The van der Waals surface area contributed by atoms with E-state index >= 15 is 0 Å². The molecule has 2 heterocycles. The Balaban J connectivity index is 1.56. The summed E-state index contributed by atoms with van der Waals surface area (Å²) in [7, 11) is 0. The number of hydrogen-bond donors (Lipinski definition) is 3. The second kappa shape index (κ2) is 7.93. The lowest BCUT2D eigenvalue weighted by Crippen LogP contribution is -2.09. The van der Waals surface area contributed by atoms with Gasteiger partial charge in [0.25, 0.3) is 0 Å². The Kier molecular flexibility index (Phi) is 5.01. The van der Waals surface area contributed by atoms with Crippen molar-refractivity contribution in [1.29, 1.82) is 5.26 Å². The van der Waals surface area contributed by atoms with E-state index in [2.05, 4.69) is 26.7 Å². The number of anilines is 2. The Bertz CT molecular complexity index is 1170. The predicted molar refractivity (Wildman–Crippen MR) is 111 cm³/mol. The minimum atomic E-state index is -0.969. The molecule has 0 spiro atoms. The summed E-state index contributed by atoms with van der Waals surface area (Å²) >= 11 is 0. The monoisotopic (exact) mass is 399 g/mol. The summed E-state index contributed by atoms with van der Waals surface area (Å²) in [6.07, 6.45) is 1.64. The van der Waals surface area contributed by atoms with E-state index in [9.17, 15) is 10.1 Å². The van der Waals surface area contributed by atoms with E-state index in [-0.39, 0.29) is 11.1 Å². The van der Waals surface area contributed by atoms with Crippen molar-refractivity contribution in [3.05, 3.63) is 83.0 Å². The lowest BCUT2D eigenvalue weighted by molar-refractivity contribution is 0.0697. The van der Waals surface area contributed by atoms with Crippen LogP contribution in [0, 0.1) is 18.3 Å². The number of ether oxygens (including phenoxy) is 1. The van der Waals surface area contributed by atoms with Gasteiger partial charge >= 0.3 is 5.97 Å². The number of fused-ring (bicyclic) bond motifs is 1. The number of carbonyl (C=O) groups is 1. The lowest BCUT2D eigenvalue weighted by atomic mass is 10.1. The van der Waals surface area contributed by atoms with Crippen molar-refractivity contribution < 1.29 is 14.6 Å². The number of aromatic carboxylic acids is 1. The normalized spacial score (nSPS) is 13.5. The maximum Gasteiger partial charge on any atom is 0.335 e. The molecule has 0 radical (unpaired) electrons. The number of carboxylic acids is 1. The Morgan fingerprint density at radius 2 is 2.00 bits per heavy atom. The number of nitrogens with one attached hydrogen (secondary N) is 2. The molecule has 8 nitrogen and oxygen atoms in total. The van der Waals surface area contributed by atoms with E-state index in [4.69, 9.17) is 9.84 Å². The minimum absolute atomic E-state index is 0.225. The maximum atomic E-state index is 11.0. The number of nitrogens with zero attached hydrogens (tertiary/aromatic N) is 3. The van der Waals surface area contributed by atoms with Crippen LogP contribution in [-0.4, -0.2) is 21.0 Å². The van der Waals surface area contributed by atoms with Gasteiger partial charge in [-0.05, 0) is 42.3 Å². The topological polar surface area (TPSA) is 120 Å².